The van der Waals surface area contributed by atoms with Gasteiger partial charge in [0.25, 0.3) is 0 Å². The van der Waals surface area contributed by atoms with Crippen LogP contribution in [0, 0.1) is 0 Å². The molecule has 0 aromatic rings. The Bertz CT molecular complexity index is 92.0. The van der Waals surface area contributed by atoms with Gasteiger partial charge in [0.2, 0.25) is 0 Å². The molecule has 0 aliphatic rings. The van der Waals surface area contributed by atoms with Gasteiger partial charge in [-0.05, 0) is 0 Å². The predicted octanol–water partition coefficient (Wildman–Crippen LogP) is -1.85. The van der Waals surface area contributed by atoms with Crippen molar-refractivity contribution in [3.8, 4) is 0 Å². The molecule has 0 unspecified atom stereocenters. The van der Waals surface area contributed by atoms with Crippen LogP contribution in [-0.2, 0) is 20.8 Å². The fraction of sp³-hybridized carbons (Fsp3) is 0. The van der Waals surface area contributed by atoms with E-state index in [1.165, 1.54) is 0 Å². The SMILES string of the molecule is O=[S](=O)(O)[Sn+3].[SH3+]. The van der Waals surface area contributed by atoms with Crippen molar-refractivity contribution in [2.45, 2.75) is 0 Å². The maximum atomic E-state index is 9.23. The van der Waals surface area contributed by atoms with E-state index in [-0.39, 0.29) is 34.6 Å². The van der Waals surface area contributed by atoms with Crippen LogP contribution in [0.15, 0.2) is 0 Å². The molecule has 1 N–H and O–H groups in total. The molecule has 6 heteroatoms. The predicted molar refractivity (Wildman–Crippen MR) is 28.9 cm³/mol. The van der Waals surface area contributed by atoms with Gasteiger partial charge in [0, 0.05) is 0 Å². The van der Waals surface area contributed by atoms with E-state index in [1.54, 1.807) is 0 Å². The van der Waals surface area contributed by atoms with E-state index in [1.807, 2.05) is 0 Å². The summed E-state index contributed by atoms with van der Waals surface area (Å²) in [5, 5.41) is 0. The summed E-state index contributed by atoms with van der Waals surface area (Å²) in [6, 6.07) is 0. The molecular weight excluding hydrogens is 231 g/mol. The first-order valence-electron chi connectivity index (χ1n) is 0.720. The topological polar surface area (TPSA) is 54.4 Å². The van der Waals surface area contributed by atoms with Crippen LogP contribution in [-0.4, -0.2) is 34.1 Å². The molecule has 0 aromatic carbocycles. The van der Waals surface area contributed by atoms with Crippen LogP contribution in [0.25, 0.3) is 0 Å². The van der Waals surface area contributed by atoms with Gasteiger partial charge in [-0.3, -0.25) is 0 Å². The van der Waals surface area contributed by atoms with Crippen LogP contribution in [0.5, 0.6) is 0 Å². The third-order valence-electron chi connectivity index (χ3n) is 0. The zero-order chi connectivity index (χ0) is 4.50. The molecule has 0 saturated carbocycles. The second-order valence-corrected chi connectivity index (χ2v) is 5.84. The Kier molecular flexibility index (Phi) is 5.25. The summed E-state index contributed by atoms with van der Waals surface area (Å²) in [6.45, 7) is 0. The van der Waals surface area contributed by atoms with E-state index >= 15 is 0 Å². The third kappa shape index (κ3) is 74.3. The van der Waals surface area contributed by atoms with E-state index in [4.69, 9.17) is 4.55 Å². The first-order chi connectivity index (χ1) is 2.00. The van der Waals surface area contributed by atoms with Crippen molar-refractivity contribution in [1.82, 2.24) is 0 Å². The largest absolute Gasteiger partial charge is 0.0576 e. The van der Waals surface area contributed by atoms with E-state index in [2.05, 4.69) is 0 Å². The summed E-state index contributed by atoms with van der Waals surface area (Å²) in [7, 11) is -3.58. The molecule has 0 bridgehead atoms. The fourth-order valence-corrected chi connectivity index (χ4v) is 0. The molecule has 0 rings (SSSR count). The van der Waals surface area contributed by atoms with Crippen LogP contribution in [0.3, 0.4) is 0 Å². The Morgan fingerprint density at radius 3 is 1.50 bits per heavy atom. The van der Waals surface area contributed by atoms with Crippen LogP contribution < -0.4 is 0 Å². The second-order valence-electron chi connectivity index (χ2n) is 0.475. The molecule has 0 aromatic heterocycles. The van der Waals surface area contributed by atoms with Crippen molar-refractivity contribution >= 4 is 41.9 Å². The molecule has 0 radical (unpaired) electrons. The molecule has 0 fully saturated rings. The number of hydrogen-bond acceptors (Lipinski definition) is 2. The maximum Gasteiger partial charge on any atom is -0.0576 e. The maximum absolute atomic E-state index is 9.23. The van der Waals surface area contributed by atoms with E-state index < -0.39 is 7.30 Å². The Morgan fingerprint density at radius 2 is 1.50 bits per heavy atom. The molecular formula is H4O3S2Sn+4. The van der Waals surface area contributed by atoms with Crippen molar-refractivity contribution in [2.75, 3.05) is 0 Å². The van der Waals surface area contributed by atoms with Crippen molar-refractivity contribution < 1.29 is 13.0 Å². The standard InChI is InChI=1S/HO3S.H2S.Sn/c1-4(2)3;;/h(H,1,2,3);1H2;/q;;+3/p+1. The van der Waals surface area contributed by atoms with Crippen LogP contribution in [0.4, 0.5) is 0 Å². The minimum Gasteiger partial charge on any atom is -0.0576 e. The summed E-state index contributed by atoms with van der Waals surface area (Å²) < 4.78 is 26.0. The Morgan fingerprint density at radius 1 is 1.50 bits per heavy atom. The monoisotopic (exact) mass is 236 g/mol. The van der Waals surface area contributed by atoms with Gasteiger partial charge in [0.15, 0.2) is 0 Å². The molecule has 6 heavy (non-hydrogen) atoms. The normalized spacial score (nSPS) is 9.83. The molecule has 3 nitrogen and oxygen atoms in total. The van der Waals surface area contributed by atoms with E-state index in [0.29, 0.717) is 0 Å². The van der Waals surface area contributed by atoms with Gasteiger partial charge in [0.1, 0.15) is 0 Å². The zero-order valence-electron chi connectivity index (χ0n) is 2.75. The van der Waals surface area contributed by atoms with Gasteiger partial charge in [0.05, 0.1) is 0 Å². The number of rotatable bonds is 0. The van der Waals surface area contributed by atoms with Crippen LogP contribution >= 0.6 is 0 Å². The Hall–Kier alpha value is 1.06. The van der Waals surface area contributed by atoms with E-state index in [9.17, 15) is 8.42 Å². The molecule has 0 aliphatic carbocycles. The minimum atomic E-state index is -3.58. The quantitative estimate of drug-likeness (QED) is 0.304. The summed E-state index contributed by atoms with van der Waals surface area (Å²) in [5.41, 5.74) is 0. The molecule has 0 aliphatic heterocycles. The Labute approximate surface area is 54.9 Å². The average molecular weight is 235 g/mol. The van der Waals surface area contributed by atoms with Gasteiger partial charge in [-0.25, -0.2) is 0 Å². The first-order valence-corrected chi connectivity index (χ1v) is 5.66. The van der Waals surface area contributed by atoms with Gasteiger partial charge < -0.3 is 0 Å². The summed E-state index contributed by atoms with van der Waals surface area (Å²) in [5.74, 6) is 0. The summed E-state index contributed by atoms with van der Waals surface area (Å²) in [6.07, 6.45) is 0. The molecule has 0 spiro atoms. The van der Waals surface area contributed by atoms with Crippen LogP contribution in [0.2, 0.25) is 0 Å². The molecule has 0 amide bonds. The average Bonchev–Trinajstić information content (AvgIpc) is 0.722. The van der Waals surface area contributed by atoms with Gasteiger partial charge in [-0.2, -0.15) is 0 Å². The Balaban J connectivity index is 0. The number of hydrogen-bond donors (Lipinski definition) is 1. The van der Waals surface area contributed by atoms with Crippen LogP contribution in [0.1, 0.15) is 0 Å². The molecule has 0 heterocycles. The molecule has 34 valence electrons. The van der Waals surface area contributed by atoms with E-state index in [0.717, 1.165) is 0 Å². The third-order valence-corrected chi connectivity index (χ3v) is 0. The van der Waals surface area contributed by atoms with Crippen molar-refractivity contribution in [3.63, 3.8) is 0 Å². The first kappa shape index (κ1) is 10.1. The van der Waals surface area contributed by atoms with Crippen molar-refractivity contribution in [2.24, 2.45) is 0 Å². The smallest absolute Gasteiger partial charge is 0.0576 e. The minimum absolute atomic E-state index is 0. The summed E-state index contributed by atoms with van der Waals surface area (Å²) >= 11 is 0.145. The molecule has 0 saturated heterocycles. The van der Waals surface area contributed by atoms with Gasteiger partial charge in [-0.1, -0.05) is 13.5 Å². The fourth-order valence-electron chi connectivity index (χ4n) is 0. The molecule has 0 atom stereocenters. The van der Waals surface area contributed by atoms with Gasteiger partial charge in [-0.15, -0.1) is 0 Å². The van der Waals surface area contributed by atoms with Crippen molar-refractivity contribution in [3.05, 3.63) is 0 Å². The van der Waals surface area contributed by atoms with Gasteiger partial charge >= 0.3 is 41.4 Å². The second kappa shape index (κ2) is 3.11. The van der Waals surface area contributed by atoms with Crippen molar-refractivity contribution in [1.29, 1.82) is 0 Å². The zero-order valence-corrected chi connectivity index (χ0v) is 7.57. The summed E-state index contributed by atoms with van der Waals surface area (Å²) in [4.78, 5) is 0.